The van der Waals surface area contributed by atoms with E-state index in [9.17, 15) is 14.3 Å². The van der Waals surface area contributed by atoms with Gasteiger partial charge < -0.3 is 24.5 Å². The number of hydrogen-bond donors (Lipinski definition) is 2. The molecule has 2 aromatic carbocycles. The van der Waals surface area contributed by atoms with Crippen LogP contribution in [0.5, 0.6) is 11.5 Å². The molecule has 0 bridgehead atoms. The van der Waals surface area contributed by atoms with Gasteiger partial charge in [0.25, 0.3) is 0 Å². The van der Waals surface area contributed by atoms with Crippen LogP contribution in [0.3, 0.4) is 0 Å². The molecule has 0 saturated heterocycles. The first kappa shape index (κ1) is 23.3. The molecular formula is C25H29FN2O4. The molecule has 7 heteroatoms. The van der Waals surface area contributed by atoms with Gasteiger partial charge in [0.05, 0.1) is 26.3 Å². The van der Waals surface area contributed by atoms with Gasteiger partial charge in [-0.1, -0.05) is 18.2 Å². The number of aromatic nitrogens is 1. The van der Waals surface area contributed by atoms with E-state index in [1.165, 1.54) is 6.07 Å². The fourth-order valence-electron chi connectivity index (χ4n) is 4.00. The van der Waals surface area contributed by atoms with Gasteiger partial charge in [-0.2, -0.15) is 0 Å². The van der Waals surface area contributed by atoms with Crippen molar-refractivity contribution in [3.8, 4) is 11.5 Å². The zero-order valence-electron chi connectivity index (χ0n) is 18.9. The number of carboxylic acids is 1. The van der Waals surface area contributed by atoms with E-state index in [-0.39, 0.29) is 17.9 Å². The third kappa shape index (κ3) is 4.94. The molecule has 32 heavy (non-hydrogen) atoms. The predicted molar refractivity (Wildman–Crippen MR) is 121 cm³/mol. The molecule has 2 N–H and O–H groups in total. The zero-order valence-corrected chi connectivity index (χ0v) is 18.9. The number of carboxylic acid groups (broad SMARTS) is 1. The lowest BCUT2D eigenvalue weighted by Gasteiger charge is -2.12. The van der Waals surface area contributed by atoms with Crippen LogP contribution < -0.4 is 14.8 Å². The monoisotopic (exact) mass is 440 g/mol. The second-order valence-corrected chi connectivity index (χ2v) is 7.61. The SMILES string of the molecule is COc1ccc(OC)c(CCNCc2c(C(=O)O)c(C)n(Cc3ccccc3F)c2C)c1. The highest BCUT2D eigenvalue weighted by Crippen LogP contribution is 2.26. The van der Waals surface area contributed by atoms with Crippen molar-refractivity contribution in [2.45, 2.75) is 33.4 Å². The highest BCUT2D eigenvalue weighted by Gasteiger charge is 2.23. The van der Waals surface area contributed by atoms with Crippen LogP contribution in [0.4, 0.5) is 4.39 Å². The fourth-order valence-corrected chi connectivity index (χ4v) is 4.00. The maximum absolute atomic E-state index is 14.2. The van der Waals surface area contributed by atoms with Crippen LogP contribution in [0.2, 0.25) is 0 Å². The molecule has 0 aliphatic heterocycles. The van der Waals surface area contributed by atoms with Crippen LogP contribution in [0.25, 0.3) is 0 Å². The topological polar surface area (TPSA) is 72.7 Å². The van der Waals surface area contributed by atoms with E-state index in [1.807, 2.05) is 29.7 Å². The molecule has 0 atom stereocenters. The molecule has 0 spiro atoms. The van der Waals surface area contributed by atoms with Crippen LogP contribution in [-0.4, -0.2) is 36.4 Å². The van der Waals surface area contributed by atoms with Crippen molar-refractivity contribution in [2.75, 3.05) is 20.8 Å². The maximum atomic E-state index is 14.2. The summed E-state index contributed by atoms with van der Waals surface area (Å²) in [6.45, 7) is 4.94. The summed E-state index contributed by atoms with van der Waals surface area (Å²) >= 11 is 0. The Morgan fingerprint density at radius 2 is 1.81 bits per heavy atom. The molecule has 1 aromatic heterocycles. The highest BCUT2D eigenvalue weighted by molar-refractivity contribution is 5.91. The molecule has 0 aliphatic carbocycles. The average Bonchev–Trinajstić information content (AvgIpc) is 3.02. The lowest BCUT2D eigenvalue weighted by Crippen LogP contribution is -2.19. The first-order chi connectivity index (χ1) is 15.4. The molecule has 0 unspecified atom stereocenters. The first-order valence-electron chi connectivity index (χ1n) is 10.4. The van der Waals surface area contributed by atoms with Gasteiger partial charge >= 0.3 is 5.97 Å². The van der Waals surface area contributed by atoms with Crippen LogP contribution in [0, 0.1) is 19.7 Å². The standard InChI is InChI=1S/C25H29FN2O4/c1-16-21(14-27-12-11-18-13-20(31-3)9-10-23(18)32-4)24(25(29)30)17(2)28(16)15-19-7-5-6-8-22(19)26/h5-10,13,27H,11-12,14-15H2,1-4H3,(H,29,30). The summed E-state index contributed by atoms with van der Waals surface area (Å²) in [5, 5.41) is 13.2. The molecule has 170 valence electrons. The summed E-state index contributed by atoms with van der Waals surface area (Å²) in [7, 11) is 3.25. The smallest absolute Gasteiger partial charge is 0.337 e. The summed E-state index contributed by atoms with van der Waals surface area (Å²) in [6.07, 6.45) is 0.691. The van der Waals surface area contributed by atoms with E-state index in [1.54, 1.807) is 39.3 Å². The quantitative estimate of drug-likeness (QED) is 0.459. The Bertz CT molecular complexity index is 1110. The number of carbonyl (C=O) groups is 1. The molecular weight excluding hydrogens is 411 g/mol. The van der Waals surface area contributed by atoms with Gasteiger partial charge in [-0.3, -0.25) is 0 Å². The number of nitrogens with one attached hydrogen (secondary N) is 1. The number of rotatable bonds is 10. The molecule has 0 radical (unpaired) electrons. The number of aromatic carboxylic acids is 1. The predicted octanol–water partition coefficient (Wildman–Crippen LogP) is 4.34. The number of halogens is 1. The van der Waals surface area contributed by atoms with Gasteiger partial charge in [0, 0.05) is 29.1 Å². The van der Waals surface area contributed by atoms with Crippen LogP contribution in [0.1, 0.15) is 38.4 Å². The molecule has 0 aliphatic rings. The average molecular weight is 441 g/mol. The number of ether oxygens (including phenoxy) is 2. The van der Waals surface area contributed by atoms with Crippen LogP contribution >= 0.6 is 0 Å². The minimum Gasteiger partial charge on any atom is -0.497 e. The summed E-state index contributed by atoms with van der Waals surface area (Å²) in [6, 6.07) is 12.2. The third-order valence-electron chi connectivity index (χ3n) is 5.77. The fraction of sp³-hybridized carbons (Fsp3) is 0.320. The Labute approximate surface area is 187 Å². The normalized spacial score (nSPS) is 10.9. The Balaban J connectivity index is 1.77. The van der Waals surface area contributed by atoms with Crippen molar-refractivity contribution in [2.24, 2.45) is 0 Å². The number of methoxy groups -OCH3 is 2. The van der Waals surface area contributed by atoms with E-state index in [0.29, 0.717) is 36.3 Å². The van der Waals surface area contributed by atoms with E-state index < -0.39 is 5.97 Å². The minimum absolute atomic E-state index is 0.269. The van der Waals surface area contributed by atoms with Gasteiger partial charge in [0.2, 0.25) is 0 Å². The van der Waals surface area contributed by atoms with E-state index in [0.717, 1.165) is 22.8 Å². The van der Waals surface area contributed by atoms with Crippen molar-refractivity contribution in [1.82, 2.24) is 9.88 Å². The molecule has 6 nitrogen and oxygen atoms in total. The van der Waals surface area contributed by atoms with Crippen molar-refractivity contribution in [1.29, 1.82) is 0 Å². The van der Waals surface area contributed by atoms with Crippen molar-refractivity contribution >= 4 is 5.97 Å². The zero-order chi connectivity index (χ0) is 23.3. The Morgan fingerprint density at radius 3 is 2.47 bits per heavy atom. The molecule has 3 aromatic rings. The summed E-state index contributed by atoms with van der Waals surface area (Å²) in [4.78, 5) is 12.0. The molecule has 0 amide bonds. The molecule has 0 saturated carbocycles. The van der Waals surface area contributed by atoms with Crippen LogP contribution in [-0.2, 0) is 19.5 Å². The van der Waals surface area contributed by atoms with E-state index >= 15 is 0 Å². The Hall–Kier alpha value is -3.32. The Kier molecular flexibility index (Phi) is 7.53. The molecule has 3 rings (SSSR count). The van der Waals surface area contributed by atoms with Crippen LogP contribution in [0.15, 0.2) is 42.5 Å². The van der Waals surface area contributed by atoms with Gasteiger partial charge in [-0.15, -0.1) is 0 Å². The summed E-state index contributed by atoms with van der Waals surface area (Å²) in [5.74, 6) is 0.250. The number of nitrogens with zero attached hydrogens (tertiary/aromatic N) is 1. The maximum Gasteiger partial charge on any atom is 0.337 e. The lowest BCUT2D eigenvalue weighted by atomic mass is 10.1. The minimum atomic E-state index is -0.982. The summed E-state index contributed by atoms with van der Waals surface area (Å²) < 4.78 is 26.7. The second kappa shape index (κ2) is 10.3. The van der Waals surface area contributed by atoms with E-state index in [2.05, 4.69) is 5.32 Å². The van der Waals surface area contributed by atoms with Crippen molar-refractivity contribution < 1.29 is 23.8 Å². The van der Waals surface area contributed by atoms with Crippen molar-refractivity contribution in [3.05, 3.63) is 81.9 Å². The highest BCUT2D eigenvalue weighted by atomic mass is 19.1. The van der Waals surface area contributed by atoms with E-state index in [4.69, 9.17) is 9.47 Å². The third-order valence-corrected chi connectivity index (χ3v) is 5.77. The van der Waals surface area contributed by atoms with Gasteiger partial charge in [0.15, 0.2) is 0 Å². The van der Waals surface area contributed by atoms with Gasteiger partial charge in [-0.25, -0.2) is 9.18 Å². The molecule has 0 fully saturated rings. The van der Waals surface area contributed by atoms with Crippen molar-refractivity contribution in [3.63, 3.8) is 0 Å². The van der Waals surface area contributed by atoms with Gasteiger partial charge in [-0.05, 0) is 56.6 Å². The summed E-state index contributed by atoms with van der Waals surface area (Å²) in [5.41, 5.74) is 3.94. The first-order valence-corrected chi connectivity index (χ1v) is 10.4. The largest absolute Gasteiger partial charge is 0.497 e. The second-order valence-electron chi connectivity index (χ2n) is 7.61. The Morgan fingerprint density at radius 1 is 1.06 bits per heavy atom. The lowest BCUT2D eigenvalue weighted by molar-refractivity contribution is 0.0694. The molecule has 1 heterocycles. The number of benzene rings is 2. The number of hydrogen-bond acceptors (Lipinski definition) is 4. The van der Waals surface area contributed by atoms with Gasteiger partial charge in [0.1, 0.15) is 17.3 Å².